The van der Waals surface area contributed by atoms with Crippen LogP contribution in [-0.4, -0.2) is 36.9 Å². The van der Waals surface area contributed by atoms with E-state index in [-0.39, 0.29) is 5.91 Å². The first-order valence-corrected chi connectivity index (χ1v) is 4.91. The number of halogens is 2. The molecule has 1 heterocycles. The van der Waals surface area contributed by atoms with Crippen LogP contribution >= 0.6 is 0 Å². The van der Waals surface area contributed by atoms with Crippen molar-refractivity contribution in [2.45, 2.75) is 25.7 Å². The molecule has 0 radical (unpaired) electrons. The molecule has 0 aromatic heterocycles. The summed E-state index contributed by atoms with van der Waals surface area (Å²) < 4.78 is 24.5. The number of nitrogens with zero attached hydrogens (tertiary/aromatic N) is 1. The number of piperidine rings is 1. The minimum atomic E-state index is -2.25. The van der Waals surface area contributed by atoms with Crippen molar-refractivity contribution in [3.8, 4) is 0 Å². The van der Waals surface area contributed by atoms with Crippen LogP contribution in [0.5, 0.6) is 0 Å². The summed E-state index contributed by atoms with van der Waals surface area (Å²) in [6, 6.07) is 0. The van der Waals surface area contributed by atoms with E-state index in [4.69, 9.17) is 5.73 Å². The SMILES string of the molecule is NCCC(=O)N1CCC(C(F)F)CC1. The Balaban J connectivity index is 2.31. The third-order valence-corrected chi connectivity index (χ3v) is 2.61. The van der Waals surface area contributed by atoms with Gasteiger partial charge in [-0.25, -0.2) is 8.78 Å². The molecule has 1 amide bonds. The van der Waals surface area contributed by atoms with Crippen LogP contribution in [0.3, 0.4) is 0 Å². The summed E-state index contributed by atoms with van der Waals surface area (Å²) in [6.45, 7) is 1.23. The van der Waals surface area contributed by atoms with Gasteiger partial charge in [-0.3, -0.25) is 4.79 Å². The number of hydrogen-bond acceptors (Lipinski definition) is 2. The molecule has 0 aromatic carbocycles. The molecule has 1 rings (SSSR count). The van der Waals surface area contributed by atoms with E-state index in [0.717, 1.165) is 0 Å². The number of nitrogens with two attached hydrogens (primary N) is 1. The van der Waals surface area contributed by atoms with Crippen LogP contribution < -0.4 is 5.73 Å². The smallest absolute Gasteiger partial charge is 0.241 e. The summed E-state index contributed by atoms with van der Waals surface area (Å²) in [6.07, 6.45) is -1.11. The largest absolute Gasteiger partial charge is 0.343 e. The lowest BCUT2D eigenvalue weighted by Gasteiger charge is -2.31. The third kappa shape index (κ3) is 2.90. The van der Waals surface area contributed by atoms with Crippen molar-refractivity contribution in [1.29, 1.82) is 0 Å². The summed E-state index contributed by atoms with van der Waals surface area (Å²) >= 11 is 0. The van der Waals surface area contributed by atoms with Gasteiger partial charge in [0.15, 0.2) is 0 Å². The van der Waals surface area contributed by atoms with Crippen molar-refractivity contribution in [2.75, 3.05) is 19.6 Å². The summed E-state index contributed by atoms with van der Waals surface area (Å²) in [4.78, 5) is 13.0. The van der Waals surface area contributed by atoms with Crippen molar-refractivity contribution >= 4 is 5.91 Å². The Morgan fingerprint density at radius 2 is 2.00 bits per heavy atom. The molecule has 2 N–H and O–H groups in total. The summed E-state index contributed by atoms with van der Waals surface area (Å²) in [7, 11) is 0. The van der Waals surface area contributed by atoms with Crippen LogP contribution in [0.25, 0.3) is 0 Å². The molecule has 82 valence electrons. The average Bonchev–Trinajstić information content (AvgIpc) is 2.18. The lowest BCUT2D eigenvalue weighted by Crippen LogP contribution is -2.40. The minimum absolute atomic E-state index is 0.0137. The molecule has 0 atom stereocenters. The van der Waals surface area contributed by atoms with Gasteiger partial charge in [0.05, 0.1) is 0 Å². The van der Waals surface area contributed by atoms with Gasteiger partial charge in [-0.2, -0.15) is 0 Å². The van der Waals surface area contributed by atoms with Gasteiger partial charge in [-0.05, 0) is 12.8 Å². The Labute approximate surface area is 82.2 Å². The summed E-state index contributed by atoms with van der Waals surface area (Å²) in [5.41, 5.74) is 5.24. The van der Waals surface area contributed by atoms with Crippen molar-refractivity contribution in [3.05, 3.63) is 0 Å². The Bertz CT molecular complexity index is 191. The molecule has 1 saturated heterocycles. The topological polar surface area (TPSA) is 46.3 Å². The maximum absolute atomic E-state index is 12.3. The van der Waals surface area contributed by atoms with Gasteiger partial charge < -0.3 is 10.6 Å². The van der Waals surface area contributed by atoms with E-state index in [0.29, 0.717) is 38.9 Å². The van der Waals surface area contributed by atoms with E-state index < -0.39 is 12.3 Å². The normalized spacial score (nSPS) is 19.0. The van der Waals surface area contributed by atoms with E-state index in [1.54, 1.807) is 4.90 Å². The van der Waals surface area contributed by atoms with Crippen molar-refractivity contribution in [1.82, 2.24) is 4.90 Å². The first-order valence-electron chi connectivity index (χ1n) is 4.91. The summed E-state index contributed by atoms with van der Waals surface area (Å²) in [5, 5.41) is 0. The molecular formula is C9H16F2N2O. The third-order valence-electron chi connectivity index (χ3n) is 2.61. The number of amides is 1. The zero-order valence-electron chi connectivity index (χ0n) is 8.09. The van der Waals surface area contributed by atoms with Crippen LogP contribution in [-0.2, 0) is 4.79 Å². The quantitative estimate of drug-likeness (QED) is 0.743. The van der Waals surface area contributed by atoms with Crippen molar-refractivity contribution in [3.63, 3.8) is 0 Å². The monoisotopic (exact) mass is 206 g/mol. The molecular weight excluding hydrogens is 190 g/mol. The van der Waals surface area contributed by atoms with Crippen LogP contribution in [0, 0.1) is 5.92 Å². The number of likely N-dealkylation sites (tertiary alicyclic amines) is 1. The highest BCUT2D eigenvalue weighted by Crippen LogP contribution is 2.23. The molecule has 0 aliphatic carbocycles. The number of rotatable bonds is 3. The second kappa shape index (κ2) is 5.24. The fourth-order valence-electron chi connectivity index (χ4n) is 1.68. The van der Waals surface area contributed by atoms with Gasteiger partial charge in [-0.15, -0.1) is 0 Å². The lowest BCUT2D eigenvalue weighted by molar-refractivity contribution is -0.133. The van der Waals surface area contributed by atoms with E-state index in [2.05, 4.69) is 0 Å². The zero-order chi connectivity index (χ0) is 10.6. The number of alkyl halides is 2. The van der Waals surface area contributed by atoms with Gasteiger partial charge in [0.1, 0.15) is 0 Å². The second-order valence-corrected chi connectivity index (χ2v) is 3.59. The number of carbonyl (C=O) groups is 1. The van der Waals surface area contributed by atoms with Crippen LogP contribution in [0.4, 0.5) is 8.78 Å². The zero-order valence-corrected chi connectivity index (χ0v) is 8.09. The average molecular weight is 206 g/mol. The molecule has 1 aliphatic heterocycles. The van der Waals surface area contributed by atoms with E-state index in [1.165, 1.54) is 0 Å². The molecule has 0 bridgehead atoms. The Morgan fingerprint density at radius 3 is 2.43 bits per heavy atom. The molecule has 0 spiro atoms. The molecule has 14 heavy (non-hydrogen) atoms. The molecule has 0 saturated carbocycles. The lowest BCUT2D eigenvalue weighted by atomic mass is 9.97. The maximum atomic E-state index is 12.3. The van der Waals surface area contributed by atoms with Gasteiger partial charge in [0.25, 0.3) is 0 Å². The first-order chi connectivity index (χ1) is 6.65. The Morgan fingerprint density at radius 1 is 1.43 bits per heavy atom. The highest BCUT2D eigenvalue weighted by atomic mass is 19.3. The minimum Gasteiger partial charge on any atom is -0.343 e. The van der Waals surface area contributed by atoms with Gasteiger partial charge in [0.2, 0.25) is 12.3 Å². The van der Waals surface area contributed by atoms with Gasteiger partial charge in [-0.1, -0.05) is 0 Å². The predicted molar refractivity (Wildman–Crippen MR) is 49.0 cm³/mol. The van der Waals surface area contributed by atoms with Crippen LogP contribution in [0.2, 0.25) is 0 Å². The molecule has 5 heteroatoms. The number of hydrogen-bond donors (Lipinski definition) is 1. The fourth-order valence-corrected chi connectivity index (χ4v) is 1.68. The van der Waals surface area contributed by atoms with E-state index in [1.807, 2.05) is 0 Å². The highest BCUT2D eigenvalue weighted by molar-refractivity contribution is 5.76. The van der Waals surface area contributed by atoms with Gasteiger partial charge in [0, 0.05) is 32.0 Å². The van der Waals surface area contributed by atoms with E-state index >= 15 is 0 Å². The van der Waals surface area contributed by atoms with Crippen LogP contribution in [0.1, 0.15) is 19.3 Å². The molecule has 0 unspecified atom stereocenters. The maximum Gasteiger partial charge on any atom is 0.241 e. The second-order valence-electron chi connectivity index (χ2n) is 3.59. The fraction of sp³-hybridized carbons (Fsp3) is 0.889. The number of carbonyl (C=O) groups excluding carboxylic acids is 1. The van der Waals surface area contributed by atoms with E-state index in [9.17, 15) is 13.6 Å². The molecule has 1 aliphatic rings. The Hall–Kier alpha value is -0.710. The summed E-state index contributed by atoms with van der Waals surface area (Å²) in [5.74, 6) is -0.544. The molecule has 3 nitrogen and oxygen atoms in total. The first kappa shape index (κ1) is 11.4. The predicted octanol–water partition coefficient (Wildman–Crippen LogP) is 0.839. The Kier molecular flexibility index (Phi) is 4.25. The van der Waals surface area contributed by atoms with Crippen LogP contribution in [0.15, 0.2) is 0 Å². The van der Waals surface area contributed by atoms with Crippen molar-refractivity contribution < 1.29 is 13.6 Å². The molecule has 0 aromatic rings. The standard InChI is InChI=1S/C9H16F2N2O/c10-9(11)7-2-5-13(6-3-7)8(14)1-4-12/h7,9H,1-6,12H2. The van der Waals surface area contributed by atoms with Gasteiger partial charge >= 0.3 is 0 Å². The van der Waals surface area contributed by atoms with Crippen molar-refractivity contribution in [2.24, 2.45) is 11.7 Å². The highest BCUT2D eigenvalue weighted by Gasteiger charge is 2.27. The molecule has 1 fully saturated rings.